The minimum Gasteiger partial charge on any atom is -0.368 e. The Morgan fingerprint density at radius 2 is 1.52 bits per heavy atom. The van der Waals surface area contributed by atoms with Gasteiger partial charge in [-0.3, -0.25) is 4.90 Å². The second-order valence-corrected chi connectivity index (χ2v) is 6.46. The van der Waals surface area contributed by atoms with E-state index < -0.39 is 6.29 Å². The summed E-state index contributed by atoms with van der Waals surface area (Å²) in [5, 5.41) is 3.25. The van der Waals surface area contributed by atoms with E-state index in [1.165, 1.54) is 24.3 Å². The van der Waals surface area contributed by atoms with Crippen LogP contribution in [-0.2, 0) is 0 Å². The molecule has 0 spiro atoms. The van der Waals surface area contributed by atoms with Crippen LogP contribution in [0.25, 0.3) is 0 Å². The molecule has 0 aromatic heterocycles. The molecule has 2 heterocycles. The molecule has 1 saturated heterocycles. The Bertz CT molecular complexity index is 857. The molecule has 2 aromatic rings. The van der Waals surface area contributed by atoms with Crippen LogP contribution in [0.3, 0.4) is 0 Å². The van der Waals surface area contributed by atoms with Crippen molar-refractivity contribution in [1.29, 1.82) is 0 Å². The monoisotopic (exact) mass is 370 g/mol. The van der Waals surface area contributed by atoms with Gasteiger partial charge in [-0.1, -0.05) is 0 Å². The fourth-order valence-electron chi connectivity index (χ4n) is 3.27. The highest BCUT2D eigenvalue weighted by atomic mass is 19.1. The molecule has 0 bridgehead atoms. The number of hydrogen-bond donors (Lipinski definition) is 2. The molecule has 4 rings (SSSR count). The minimum absolute atomic E-state index is 0.162. The molecule has 2 aliphatic heterocycles. The fourth-order valence-corrected chi connectivity index (χ4v) is 3.27. The topological polar surface area (TPSA) is 69.2 Å². The van der Waals surface area contributed by atoms with E-state index in [2.05, 4.69) is 20.2 Å². The average Bonchev–Trinajstić information content (AvgIpc) is 3.19. The quantitative estimate of drug-likeness (QED) is 0.872. The lowest BCUT2D eigenvalue weighted by Gasteiger charge is -2.38. The highest BCUT2D eigenvalue weighted by Crippen LogP contribution is 2.25. The molecule has 2 aromatic carbocycles. The number of rotatable bonds is 3. The number of guanidine groups is 2. The van der Waals surface area contributed by atoms with Crippen molar-refractivity contribution in [3.05, 3.63) is 60.2 Å². The van der Waals surface area contributed by atoms with Gasteiger partial charge in [0, 0.05) is 24.5 Å². The second kappa shape index (κ2) is 7.22. The minimum atomic E-state index is -0.589. The molecule has 1 unspecified atom stereocenters. The van der Waals surface area contributed by atoms with Gasteiger partial charge in [-0.25, -0.2) is 13.8 Å². The third-order valence-electron chi connectivity index (χ3n) is 4.56. The first-order chi connectivity index (χ1) is 13.1. The van der Waals surface area contributed by atoms with Crippen LogP contribution < -0.4 is 16.0 Å². The van der Waals surface area contributed by atoms with Crippen LogP contribution >= 0.6 is 0 Å². The molecule has 8 heteroatoms. The van der Waals surface area contributed by atoms with Gasteiger partial charge in [-0.05, 0) is 61.4 Å². The summed E-state index contributed by atoms with van der Waals surface area (Å²) in [5.74, 6) is 0.199. The molecule has 27 heavy (non-hydrogen) atoms. The van der Waals surface area contributed by atoms with E-state index in [1.54, 1.807) is 24.3 Å². The number of aliphatic imine (C=N–C) groups is 2. The first-order valence-electron chi connectivity index (χ1n) is 8.84. The molecule has 1 fully saturated rings. The Hall–Kier alpha value is -3.16. The van der Waals surface area contributed by atoms with Crippen molar-refractivity contribution in [2.45, 2.75) is 19.1 Å². The number of benzene rings is 2. The maximum absolute atomic E-state index is 13.4. The summed E-state index contributed by atoms with van der Waals surface area (Å²) in [6.45, 7) is 1.74. The molecule has 0 amide bonds. The van der Waals surface area contributed by atoms with Crippen molar-refractivity contribution in [3.63, 3.8) is 0 Å². The zero-order chi connectivity index (χ0) is 18.8. The predicted octanol–water partition coefficient (Wildman–Crippen LogP) is 2.95. The number of halogens is 2. The van der Waals surface area contributed by atoms with Gasteiger partial charge in [0.1, 0.15) is 11.6 Å². The molecular weight excluding hydrogens is 350 g/mol. The first-order valence-corrected chi connectivity index (χ1v) is 8.84. The summed E-state index contributed by atoms with van der Waals surface area (Å²) in [5.41, 5.74) is 7.40. The highest BCUT2D eigenvalue weighted by Gasteiger charge is 2.32. The molecule has 2 aliphatic rings. The van der Waals surface area contributed by atoms with Crippen molar-refractivity contribution >= 4 is 23.3 Å². The van der Waals surface area contributed by atoms with Crippen LogP contribution in [0.15, 0.2) is 58.5 Å². The highest BCUT2D eigenvalue weighted by molar-refractivity contribution is 6.06. The van der Waals surface area contributed by atoms with E-state index in [0.29, 0.717) is 11.6 Å². The first kappa shape index (κ1) is 17.3. The van der Waals surface area contributed by atoms with E-state index in [1.807, 2.05) is 4.90 Å². The zero-order valence-corrected chi connectivity index (χ0v) is 14.6. The Labute approximate surface area is 156 Å². The van der Waals surface area contributed by atoms with E-state index in [4.69, 9.17) is 5.73 Å². The van der Waals surface area contributed by atoms with Crippen molar-refractivity contribution in [1.82, 2.24) is 4.90 Å². The van der Waals surface area contributed by atoms with E-state index in [9.17, 15) is 8.78 Å². The summed E-state index contributed by atoms with van der Waals surface area (Å²) in [6, 6.07) is 12.2. The second-order valence-electron chi connectivity index (χ2n) is 6.46. The zero-order valence-electron chi connectivity index (χ0n) is 14.6. The van der Waals surface area contributed by atoms with Crippen molar-refractivity contribution in [2.24, 2.45) is 15.7 Å². The number of likely N-dealkylation sites (tertiary alicyclic amines) is 1. The molecule has 6 nitrogen and oxygen atoms in total. The number of nitrogens with two attached hydrogens (primary N) is 1. The van der Waals surface area contributed by atoms with Gasteiger partial charge < -0.3 is 16.0 Å². The average molecular weight is 370 g/mol. The van der Waals surface area contributed by atoms with Gasteiger partial charge in [-0.2, -0.15) is 4.99 Å². The van der Waals surface area contributed by atoms with Crippen molar-refractivity contribution in [2.75, 3.05) is 23.3 Å². The summed E-state index contributed by atoms with van der Waals surface area (Å²) < 4.78 is 26.7. The number of nitrogens with zero attached hydrogens (tertiary/aromatic N) is 4. The summed E-state index contributed by atoms with van der Waals surface area (Å²) in [4.78, 5) is 12.9. The standard InChI is InChI=1S/C19H20F2N6/c20-13-3-7-15(8-4-13)23-18-24-17(22)25-19(26-11-1-2-12-26)27(18)16-9-5-14(21)6-10-16/h3-10,18,23H,1-2,11-12H2,(H2,22,24). The van der Waals surface area contributed by atoms with E-state index in [0.717, 1.165) is 31.6 Å². The lowest BCUT2D eigenvalue weighted by molar-refractivity contribution is 0.497. The summed E-state index contributed by atoms with van der Waals surface area (Å²) >= 11 is 0. The van der Waals surface area contributed by atoms with E-state index >= 15 is 0 Å². The largest absolute Gasteiger partial charge is 0.368 e. The maximum Gasteiger partial charge on any atom is 0.222 e. The van der Waals surface area contributed by atoms with Crippen LogP contribution in [0.4, 0.5) is 20.2 Å². The lowest BCUT2D eigenvalue weighted by atomic mass is 10.2. The van der Waals surface area contributed by atoms with Gasteiger partial charge in [0.05, 0.1) is 0 Å². The predicted molar refractivity (Wildman–Crippen MR) is 103 cm³/mol. The molecular formula is C19H20F2N6. The van der Waals surface area contributed by atoms with E-state index in [-0.39, 0.29) is 17.6 Å². The van der Waals surface area contributed by atoms with Gasteiger partial charge in [0.15, 0.2) is 0 Å². The third-order valence-corrected chi connectivity index (χ3v) is 4.56. The number of anilines is 2. The van der Waals surface area contributed by atoms with Gasteiger partial charge in [0.2, 0.25) is 18.2 Å². The van der Waals surface area contributed by atoms with Crippen LogP contribution in [-0.4, -0.2) is 36.2 Å². The Morgan fingerprint density at radius 1 is 0.926 bits per heavy atom. The normalized spacial score (nSPS) is 19.7. The van der Waals surface area contributed by atoms with Crippen LogP contribution in [0, 0.1) is 11.6 Å². The maximum atomic E-state index is 13.4. The molecule has 140 valence electrons. The van der Waals surface area contributed by atoms with Crippen molar-refractivity contribution in [3.8, 4) is 0 Å². The van der Waals surface area contributed by atoms with Crippen LogP contribution in [0.1, 0.15) is 12.8 Å². The molecule has 3 N–H and O–H groups in total. The third kappa shape index (κ3) is 3.69. The number of hydrogen-bond acceptors (Lipinski definition) is 6. The Morgan fingerprint density at radius 3 is 2.15 bits per heavy atom. The van der Waals surface area contributed by atoms with Crippen molar-refractivity contribution < 1.29 is 8.78 Å². The SMILES string of the molecule is NC1=NC(Nc2ccc(F)cc2)N(c2ccc(F)cc2)C(N2CCCC2)=N1. The molecule has 0 saturated carbocycles. The van der Waals surface area contributed by atoms with Gasteiger partial charge in [0.25, 0.3) is 0 Å². The Kier molecular flexibility index (Phi) is 4.62. The molecule has 0 aliphatic carbocycles. The smallest absolute Gasteiger partial charge is 0.222 e. The lowest BCUT2D eigenvalue weighted by Crippen LogP contribution is -2.54. The fraction of sp³-hybridized carbons (Fsp3) is 0.263. The van der Waals surface area contributed by atoms with Crippen LogP contribution in [0.2, 0.25) is 0 Å². The molecule has 1 atom stereocenters. The van der Waals surface area contributed by atoms with Gasteiger partial charge >= 0.3 is 0 Å². The summed E-state index contributed by atoms with van der Waals surface area (Å²) in [6.07, 6.45) is 1.56. The summed E-state index contributed by atoms with van der Waals surface area (Å²) in [7, 11) is 0. The van der Waals surface area contributed by atoms with Gasteiger partial charge in [-0.15, -0.1) is 0 Å². The van der Waals surface area contributed by atoms with Crippen LogP contribution in [0.5, 0.6) is 0 Å². The number of nitrogens with one attached hydrogen (secondary N) is 1. The Balaban J connectivity index is 1.71. The molecule has 0 radical (unpaired) electrons.